The predicted octanol–water partition coefficient (Wildman–Crippen LogP) is 2.93. The van der Waals surface area contributed by atoms with E-state index in [9.17, 15) is 4.39 Å². The molecule has 0 radical (unpaired) electrons. The number of halogens is 2. The van der Waals surface area contributed by atoms with Gasteiger partial charge in [0.05, 0.1) is 6.61 Å². The highest BCUT2D eigenvalue weighted by molar-refractivity contribution is 6.30. The summed E-state index contributed by atoms with van der Waals surface area (Å²) in [5, 5.41) is 4.02. The number of ether oxygens (including phenoxy) is 1. The molecule has 0 amide bonds. The van der Waals surface area contributed by atoms with Gasteiger partial charge in [-0.3, -0.25) is 4.90 Å². The third kappa shape index (κ3) is 5.55. The molecule has 0 saturated carbocycles. The van der Waals surface area contributed by atoms with E-state index in [0.717, 1.165) is 45.6 Å². The molecule has 0 atom stereocenters. The number of likely N-dealkylation sites (tertiary alicyclic amines) is 1. The number of methoxy groups -OCH3 is 1. The summed E-state index contributed by atoms with van der Waals surface area (Å²) < 4.78 is 18.8. The maximum Gasteiger partial charge on any atom is 0.127 e. The minimum absolute atomic E-state index is 0.164. The molecular formula is C16H24ClFN2O. The van der Waals surface area contributed by atoms with Crippen molar-refractivity contribution in [2.75, 3.05) is 39.9 Å². The summed E-state index contributed by atoms with van der Waals surface area (Å²) in [4.78, 5) is 2.31. The van der Waals surface area contributed by atoms with Crippen molar-refractivity contribution in [3.05, 3.63) is 34.6 Å². The van der Waals surface area contributed by atoms with Crippen molar-refractivity contribution in [2.45, 2.75) is 19.4 Å². The molecule has 1 aromatic rings. The van der Waals surface area contributed by atoms with E-state index in [4.69, 9.17) is 16.3 Å². The minimum Gasteiger partial charge on any atom is -0.383 e. The van der Waals surface area contributed by atoms with E-state index in [1.54, 1.807) is 19.2 Å². The van der Waals surface area contributed by atoms with Gasteiger partial charge in [-0.25, -0.2) is 4.39 Å². The molecule has 1 fully saturated rings. The fourth-order valence-corrected chi connectivity index (χ4v) is 2.93. The molecule has 2 rings (SSSR count). The van der Waals surface area contributed by atoms with Crippen LogP contribution in [0.3, 0.4) is 0 Å². The van der Waals surface area contributed by atoms with E-state index in [0.29, 0.717) is 23.0 Å². The molecule has 118 valence electrons. The van der Waals surface area contributed by atoms with E-state index < -0.39 is 0 Å². The Balaban J connectivity index is 1.72. The number of hydrogen-bond acceptors (Lipinski definition) is 3. The maximum absolute atomic E-state index is 13.7. The van der Waals surface area contributed by atoms with E-state index in [1.807, 2.05) is 0 Å². The molecule has 1 N–H and O–H groups in total. The van der Waals surface area contributed by atoms with Crippen molar-refractivity contribution < 1.29 is 9.13 Å². The van der Waals surface area contributed by atoms with Gasteiger partial charge in [0.25, 0.3) is 0 Å². The number of hydrogen-bond donors (Lipinski definition) is 1. The van der Waals surface area contributed by atoms with Gasteiger partial charge in [-0.15, -0.1) is 0 Å². The predicted molar refractivity (Wildman–Crippen MR) is 84.2 cm³/mol. The first-order valence-electron chi connectivity index (χ1n) is 7.55. The van der Waals surface area contributed by atoms with Crippen molar-refractivity contribution in [2.24, 2.45) is 5.92 Å². The number of nitrogens with one attached hydrogen (secondary N) is 1. The lowest BCUT2D eigenvalue weighted by atomic mass is 9.96. The molecular weight excluding hydrogens is 291 g/mol. The molecule has 0 unspecified atom stereocenters. The third-order valence-electron chi connectivity index (χ3n) is 4.02. The molecule has 1 aliphatic rings. The Hall–Kier alpha value is -0.680. The first-order chi connectivity index (χ1) is 10.2. The molecule has 1 aliphatic heterocycles. The van der Waals surface area contributed by atoms with Crippen LogP contribution in [0.4, 0.5) is 4.39 Å². The molecule has 0 aliphatic carbocycles. The lowest BCUT2D eigenvalue weighted by molar-refractivity contribution is 0.167. The monoisotopic (exact) mass is 314 g/mol. The average molecular weight is 315 g/mol. The Morgan fingerprint density at radius 3 is 2.86 bits per heavy atom. The molecule has 5 heteroatoms. The zero-order valence-corrected chi connectivity index (χ0v) is 13.3. The molecule has 0 aromatic heterocycles. The van der Waals surface area contributed by atoms with Gasteiger partial charge in [0.1, 0.15) is 5.82 Å². The summed E-state index contributed by atoms with van der Waals surface area (Å²) in [5.41, 5.74) is 0.694. The number of benzene rings is 1. The topological polar surface area (TPSA) is 24.5 Å². The maximum atomic E-state index is 13.7. The van der Waals surface area contributed by atoms with Crippen LogP contribution in [0.15, 0.2) is 18.2 Å². The second kappa shape index (κ2) is 8.69. The van der Waals surface area contributed by atoms with Gasteiger partial charge in [-0.2, -0.15) is 0 Å². The zero-order chi connectivity index (χ0) is 15.1. The quantitative estimate of drug-likeness (QED) is 0.783. The molecule has 0 spiro atoms. The number of rotatable bonds is 7. The minimum atomic E-state index is -0.164. The van der Waals surface area contributed by atoms with Crippen molar-refractivity contribution >= 4 is 11.6 Å². The summed E-state index contributed by atoms with van der Waals surface area (Å²) in [6.07, 6.45) is 2.31. The van der Waals surface area contributed by atoms with Crippen molar-refractivity contribution in [3.8, 4) is 0 Å². The average Bonchev–Trinajstić information content (AvgIpc) is 2.49. The van der Waals surface area contributed by atoms with Gasteiger partial charge in [0, 0.05) is 30.8 Å². The normalized spacial score (nSPS) is 17.3. The van der Waals surface area contributed by atoms with Gasteiger partial charge in [0.15, 0.2) is 0 Å². The Labute approximate surface area is 131 Å². The van der Waals surface area contributed by atoms with Gasteiger partial charge >= 0.3 is 0 Å². The zero-order valence-electron chi connectivity index (χ0n) is 12.6. The summed E-state index contributed by atoms with van der Waals surface area (Å²) in [7, 11) is 1.72. The number of piperidine rings is 1. The van der Waals surface area contributed by atoms with Crippen molar-refractivity contribution in [1.29, 1.82) is 0 Å². The first-order valence-corrected chi connectivity index (χ1v) is 7.92. The Morgan fingerprint density at radius 2 is 2.14 bits per heavy atom. The highest BCUT2D eigenvalue weighted by Gasteiger charge is 2.19. The van der Waals surface area contributed by atoms with Crippen LogP contribution in [-0.4, -0.2) is 44.8 Å². The van der Waals surface area contributed by atoms with E-state index in [2.05, 4.69) is 10.2 Å². The smallest absolute Gasteiger partial charge is 0.127 e. The summed E-state index contributed by atoms with van der Waals surface area (Å²) >= 11 is 5.94. The van der Waals surface area contributed by atoms with Gasteiger partial charge in [-0.05, 0) is 56.6 Å². The Morgan fingerprint density at radius 1 is 1.38 bits per heavy atom. The number of nitrogens with zero attached hydrogens (tertiary/aromatic N) is 1. The lowest BCUT2D eigenvalue weighted by Crippen LogP contribution is -2.37. The van der Waals surface area contributed by atoms with Gasteiger partial charge in [-0.1, -0.05) is 11.6 Å². The standard InChI is InChI=1S/C16H24ClFN2O/c1-21-9-6-19-11-13-4-7-20(8-5-13)12-14-10-15(17)2-3-16(14)18/h2-3,10,13,19H,4-9,11-12H2,1H3. The largest absolute Gasteiger partial charge is 0.383 e. The molecule has 3 nitrogen and oxygen atoms in total. The lowest BCUT2D eigenvalue weighted by Gasteiger charge is -2.32. The summed E-state index contributed by atoms with van der Waals surface area (Å²) in [5.74, 6) is 0.546. The fraction of sp³-hybridized carbons (Fsp3) is 0.625. The Kier molecular flexibility index (Phi) is 6.90. The summed E-state index contributed by atoms with van der Waals surface area (Å²) in [6, 6.07) is 4.78. The van der Waals surface area contributed by atoms with Crippen LogP contribution in [0.1, 0.15) is 18.4 Å². The third-order valence-corrected chi connectivity index (χ3v) is 4.26. The van der Waals surface area contributed by atoms with E-state index in [1.165, 1.54) is 6.07 Å². The molecule has 0 bridgehead atoms. The summed E-state index contributed by atoms with van der Waals surface area (Å²) in [6.45, 7) is 5.39. The van der Waals surface area contributed by atoms with Crippen LogP contribution in [0.5, 0.6) is 0 Å². The van der Waals surface area contributed by atoms with E-state index >= 15 is 0 Å². The van der Waals surface area contributed by atoms with Gasteiger partial charge < -0.3 is 10.1 Å². The van der Waals surface area contributed by atoms with Crippen LogP contribution in [0.25, 0.3) is 0 Å². The fourth-order valence-electron chi connectivity index (χ4n) is 2.73. The first kappa shape index (κ1) is 16.7. The molecule has 1 aromatic carbocycles. The van der Waals surface area contributed by atoms with Crippen LogP contribution in [-0.2, 0) is 11.3 Å². The molecule has 21 heavy (non-hydrogen) atoms. The second-order valence-corrected chi connectivity index (χ2v) is 6.09. The van der Waals surface area contributed by atoms with Crippen LogP contribution >= 0.6 is 11.6 Å². The Bertz CT molecular complexity index is 436. The highest BCUT2D eigenvalue weighted by atomic mass is 35.5. The highest BCUT2D eigenvalue weighted by Crippen LogP contribution is 2.21. The van der Waals surface area contributed by atoms with E-state index in [-0.39, 0.29) is 5.82 Å². The molecule has 1 saturated heterocycles. The van der Waals surface area contributed by atoms with Crippen molar-refractivity contribution in [1.82, 2.24) is 10.2 Å². The van der Waals surface area contributed by atoms with Crippen molar-refractivity contribution in [3.63, 3.8) is 0 Å². The SMILES string of the molecule is COCCNCC1CCN(Cc2cc(Cl)ccc2F)CC1. The van der Waals surface area contributed by atoms with Crippen LogP contribution in [0, 0.1) is 11.7 Å². The van der Waals surface area contributed by atoms with Crippen LogP contribution in [0.2, 0.25) is 5.02 Å². The second-order valence-electron chi connectivity index (χ2n) is 5.65. The molecule has 1 heterocycles. The van der Waals surface area contributed by atoms with Gasteiger partial charge in [0.2, 0.25) is 0 Å². The van der Waals surface area contributed by atoms with Crippen LogP contribution < -0.4 is 5.32 Å².